The Balaban J connectivity index is 1.28. The Morgan fingerprint density at radius 1 is 1.00 bits per heavy atom. The van der Waals surface area contributed by atoms with Crippen LogP contribution in [0.25, 0.3) is 11.3 Å². The third-order valence-electron chi connectivity index (χ3n) is 5.78. The third-order valence-corrected chi connectivity index (χ3v) is 5.78. The average Bonchev–Trinajstić information content (AvgIpc) is 3.35. The van der Waals surface area contributed by atoms with Gasteiger partial charge in [-0.15, -0.1) is 0 Å². The fourth-order valence-corrected chi connectivity index (χ4v) is 4.12. The molecule has 0 saturated carbocycles. The second-order valence-electron chi connectivity index (χ2n) is 8.01. The summed E-state index contributed by atoms with van der Waals surface area (Å²) in [6, 6.07) is 15.9. The first-order chi connectivity index (χ1) is 15.2. The Morgan fingerprint density at radius 3 is 2.71 bits per heavy atom. The van der Waals surface area contributed by atoms with Crippen LogP contribution in [0.15, 0.2) is 54.7 Å². The van der Waals surface area contributed by atoms with E-state index in [-0.39, 0.29) is 11.9 Å². The Kier molecular flexibility index (Phi) is 5.50. The standard InChI is InChI=1S/C24H26N6O/c31-23(22-4-2-13-26-22)28-18-7-5-16(6-8-18)21-11-14-27-24(30-21)29-19-9-10-20-17(15-19)3-1-12-25-20/h5-11,14-15,22,25-26H,1-4,12-13H2,(H,28,31)(H,27,29,30)/t22-/m0/s1. The lowest BCUT2D eigenvalue weighted by Crippen LogP contribution is -2.35. The zero-order valence-electron chi connectivity index (χ0n) is 17.3. The molecule has 0 spiro atoms. The van der Waals surface area contributed by atoms with Crippen LogP contribution in [0.4, 0.5) is 23.0 Å². The molecular formula is C24H26N6O. The van der Waals surface area contributed by atoms with Crippen molar-refractivity contribution in [2.75, 3.05) is 29.0 Å². The molecule has 0 aliphatic carbocycles. The van der Waals surface area contributed by atoms with Crippen LogP contribution in [0, 0.1) is 0 Å². The molecule has 1 atom stereocenters. The van der Waals surface area contributed by atoms with Crippen molar-refractivity contribution in [2.24, 2.45) is 0 Å². The van der Waals surface area contributed by atoms with Gasteiger partial charge in [-0.3, -0.25) is 4.79 Å². The molecule has 5 rings (SSSR count). The van der Waals surface area contributed by atoms with Crippen LogP contribution in [-0.2, 0) is 11.2 Å². The van der Waals surface area contributed by atoms with E-state index in [2.05, 4.69) is 43.4 Å². The summed E-state index contributed by atoms with van der Waals surface area (Å²) in [6.07, 6.45) is 5.92. The first-order valence-corrected chi connectivity index (χ1v) is 10.9. The number of amides is 1. The highest BCUT2D eigenvalue weighted by Crippen LogP contribution is 2.27. The van der Waals surface area contributed by atoms with Gasteiger partial charge < -0.3 is 21.3 Å². The molecule has 0 unspecified atom stereocenters. The molecule has 2 aromatic carbocycles. The summed E-state index contributed by atoms with van der Waals surface area (Å²) >= 11 is 0. The van der Waals surface area contributed by atoms with Gasteiger partial charge in [0.1, 0.15) is 0 Å². The van der Waals surface area contributed by atoms with Crippen LogP contribution in [0.1, 0.15) is 24.8 Å². The van der Waals surface area contributed by atoms with Crippen molar-refractivity contribution >= 4 is 28.9 Å². The lowest BCUT2D eigenvalue weighted by molar-refractivity contribution is -0.117. The van der Waals surface area contributed by atoms with E-state index in [0.29, 0.717) is 5.95 Å². The van der Waals surface area contributed by atoms with Crippen molar-refractivity contribution in [3.05, 3.63) is 60.3 Å². The fraction of sp³-hybridized carbons (Fsp3) is 0.292. The number of nitrogens with zero attached hydrogens (tertiary/aromatic N) is 2. The zero-order chi connectivity index (χ0) is 21.0. The number of aryl methyl sites for hydroxylation is 1. The highest BCUT2D eigenvalue weighted by Gasteiger charge is 2.21. The van der Waals surface area contributed by atoms with Crippen LogP contribution in [0.3, 0.4) is 0 Å². The van der Waals surface area contributed by atoms with E-state index >= 15 is 0 Å². The number of carbonyl (C=O) groups excluding carboxylic acids is 1. The first kappa shape index (κ1) is 19.5. The lowest BCUT2D eigenvalue weighted by atomic mass is 10.0. The molecule has 4 N–H and O–H groups in total. The number of rotatable bonds is 5. The van der Waals surface area contributed by atoms with Gasteiger partial charge >= 0.3 is 0 Å². The second kappa shape index (κ2) is 8.73. The molecule has 1 aromatic heterocycles. The Hall–Kier alpha value is -3.45. The van der Waals surface area contributed by atoms with Crippen molar-refractivity contribution in [3.63, 3.8) is 0 Å². The van der Waals surface area contributed by atoms with E-state index < -0.39 is 0 Å². The molecule has 31 heavy (non-hydrogen) atoms. The quantitative estimate of drug-likeness (QED) is 0.506. The average molecular weight is 415 g/mol. The topological polar surface area (TPSA) is 91.0 Å². The number of fused-ring (bicyclic) bond motifs is 1. The van der Waals surface area contributed by atoms with E-state index in [1.54, 1.807) is 6.20 Å². The van der Waals surface area contributed by atoms with Gasteiger partial charge in [0.05, 0.1) is 11.7 Å². The Morgan fingerprint density at radius 2 is 1.87 bits per heavy atom. The molecule has 3 heterocycles. The number of aromatic nitrogens is 2. The summed E-state index contributed by atoms with van der Waals surface area (Å²) in [4.78, 5) is 21.3. The van der Waals surface area contributed by atoms with E-state index in [1.807, 2.05) is 36.4 Å². The summed E-state index contributed by atoms with van der Waals surface area (Å²) in [7, 11) is 0. The van der Waals surface area contributed by atoms with Gasteiger partial charge in [-0.25, -0.2) is 9.97 Å². The van der Waals surface area contributed by atoms with E-state index in [0.717, 1.165) is 61.4 Å². The van der Waals surface area contributed by atoms with Crippen molar-refractivity contribution in [2.45, 2.75) is 31.7 Å². The SMILES string of the molecule is O=C(Nc1ccc(-c2ccnc(Nc3ccc4c(c3)CCCN4)n2)cc1)[C@@H]1CCCN1. The molecule has 1 amide bonds. The minimum Gasteiger partial charge on any atom is -0.385 e. The van der Waals surface area contributed by atoms with Gasteiger partial charge in [-0.05, 0) is 74.2 Å². The number of carbonyl (C=O) groups is 1. The minimum absolute atomic E-state index is 0.0269. The maximum atomic E-state index is 12.3. The summed E-state index contributed by atoms with van der Waals surface area (Å²) in [6.45, 7) is 1.94. The maximum Gasteiger partial charge on any atom is 0.241 e. The number of nitrogens with one attached hydrogen (secondary N) is 4. The van der Waals surface area contributed by atoms with Crippen LogP contribution < -0.4 is 21.3 Å². The molecule has 7 heteroatoms. The largest absolute Gasteiger partial charge is 0.385 e. The normalized spacial score (nSPS) is 17.5. The minimum atomic E-state index is -0.0884. The van der Waals surface area contributed by atoms with Crippen molar-refractivity contribution in [1.29, 1.82) is 0 Å². The Bertz CT molecular complexity index is 1080. The summed E-state index contributed by atoms with van der Waals surface area (Å²) in [5.41, 5.74) is 6.10. The first-order valence-electron chi connectivity index (χ1n) is 10.9. The summed E-state index contributed by atoms with van der Waals surface area (Å²) < 4.78 is 0. The highest BCUT2D eigenvalue weighted by molar-refractivity contribution is 5.95. The molecule has 158 valence electrons. The van der Waals surface area contributed by atoms with Crippen molar-refractivity contribution < 1.29 is 4.79 Å². The molecule has 0 radical (unpaired) electrons. The summed E-state index contributed by atoms with van der Waals surface area (Å²) in [5.74, 6) is 0.588. The third kappa shape index (κ3) is 4.51. The molecule has 3 aromatic rings. The molecule has 2 aliphatic rings. The predicted molar refractivity (Wildman–Crippen MR) is 124 cm³/mol. The van der Waals surface area contributed by atoms with Gasteiger partial charge in [0.25, 0.3) is 0 Å². The van der Waals surface area contributed by atoms with E-state index in [9.17, 15) is 4.79 Å². The van der Waals surface area contributed by atoms with Crippen LogP contribution in [0.2, 0.25) is 0 Å². The maximum absolute atomic E-state index is 12.3. The number of anilines is 4. The van der Waals surface area contributed by atoms with Gasteiger partial charge in [-0.1, -0.05) is 12.1 Å². The Labute approximate surface area is 181 Å². The zero-order valence-corrected chi connectivity index (χ0v) is 17.3. The fourth-order valence-electron chi connectivity index (χ4n) is 4.12. The molecule has 0 bridgehead atoms. The second-order valence-corrected chi connectivity index (χ2v) is 8.01. The molecule has 1 saturated heterocycles. The van der Waals surface area contributed by atoms with Crippen LogP contribution in [0.5, 0.6) is 0 Å². The number of hydrogen-bond acceptors (Lipinski definition) is 6. The predicted octanol–water partition coefficient (Wildman–Crippen LogP) is 3.94. The van der Waals surface area contributed by atoms with Gasteiger partial charge in [0.2, 0.25) is 11.9 Å². The lowest BCUT2D eigenvalue weighted by Gasteiger charge is -2.18. The van der Waals surface area contributed by atoms with Gasteiger partial charge in [0, 0.05) is 35.4 Å². The summed E-state index contributed by atoms with van der Waals surface area (Å²) in [5, 5.41) is 12.9. The number of hydrogen-bond donors (Lipinski definition) is 4. The van der Waals surface area contributed by atoms with Crippen LogP contribution in [-0.4, -0.2) is 35.0 Å². The van der Waals surface area contributed by atoms with Gasteiger partial charge in [0.15, 0.2) is 0 Å². The molecule has 7 nitrogen and oxygen atoms in total. The number of benzene rings is 2. The van der Waals surface area contributed by atoms with Crippen molar-refractivity contribution in [3.8, 4) is 11.3 Å². The van der Waals surface area contributed by atoms with Gasteiger partial charge in [-0.2, -0.15) is 0 Å². The van der Waals surface area contributed by atoms with E-state index in [1.165, 1.54) is 11.3 Å². The molecule has 1 fully saturated rings. The monoisotopic (exact) mass is 414 g/mol. The smallest absolute Gasteiger partial charge is 0.241 e. The van der Waals surface area contributed by atoms with Crippen molar-refractivity contribution in [1.82, 2.24) is 15.3 Å². The van der Waals surface area contributed by atoms with E-state index in [4.69, 9.17) is 0 Å². The van der Waals surface area contributed by atoms with Crippen LogP contribution >= 0.6 is 0 Å². The molecular weight excluding hydrogens is 388 g/mol. The highest BCUT2D eigenvalue weighted by atomic mass is 16.2. The molecule has 2 aliphatic heterocycles.